The Morgan fingerprint density at radius 1 is 1.15 bits per heavy atom. The lowest BCUT2D eigenvalue weighted by atomic mass is 10.1. The fraction of sp³-hybridized carbons (Fsp3) is 0.278. The predicted octanol–water partition coefficient (Wildman–Crippen LogP) is 4.52. The summed E-state index contributed by atoms with van der Waals surface area (Å²) >= 11 is 4.99. The minimum absolute atomic E-state index is 0.0635. The van der Waals surface area contributed by atoms with Gasteiger partial charge in [-0.1, -0.05) is 22.0 Å². The minimum Gasteiger partial charge on any atom is -0.493 e. The summed E-state index contributed by atoms with van der Waals surface area (Å²) in [6, 6.07) is 7.27. The average Bonchev–Trinajstić information content (AvgIpc) is 2.98. The van der Waals surface area contributed by atoms with Crippen LogP contribution >= 0.6 is 27.7 Å². The van der Waals surface area contributed by atoms with Crippen molar-refractivity contribution in [1.29, 1.82) is 0 Å². The molecule has 1 amide bonds. The lowest BCUT2D eigenvalue weighted by Crippen LogP contribution is -2.28. The highest BCUT2D eigenvalue weighted by Gasteiger charge is 2.34. The second-order valence-electron chi connectivity index (χ2n) is 5.66. The first kappa shape index (κ1) is 19.0. The van der Waals surface area contributed by atoms with Crippen molar-refractivity contribution in [3.63, 3.8) is 0 Å². The van der Waals surface area contributed by atoms with Gasteiger partial charge < -0.3 is 14.4 Å². The van der Waals surface area contributed by atoms with E-state index in [0.29, 0.717) is 22.8 Å². The molecule has 2 aromatic rings. The van der Waals surface area contributed by atoms with Crippen molar-refractivity contribution in [1.82, 2.24) is 4.90 Å². The number of nitrogens with zero attached hydrogens (tertiary/aromatic N) is 1. The van der Waals surface area contributed by atoms with Gasteiger partial charge in [-0.15, -0.1) is 11.8 Å². The van der Waals surface area contributed by atoms with Crippen molar-refractivity contribution in [3.05, 3.63) is 57.6 Å². The van der Waals surface area contributed by atoms with E-state index in [9.17, 15) is 13.6 Å². The van der Waals surface area contributed by atoms with Crippen LogP contribution in [0.3, 0.4) is 0 Å². The van der Waals surface area contributed by atoms with Crippen molar-refractivity contribution in [3.8, 4) is 11.5 Å². The number of halogens is 3. The number of hydrogen-bond donors (Lipinski definition) is 0. The number of benzene rings is 2. The molecule has 0 aliphatic carbocycles. The summed E-state index contributed by atoms with van der Waals surface area (Å²) in [5.74, 6) is -0.454. The third kappa shape index (κ3) is 3.66. The predicted molar refractivity (Wildman–Crippen MR) is 99.4 cm³/mol. The molecule has 1 saturated heterocycles. The van der Waals surface area contributed by atoms with Crippen LogP contribution in [-0.2, 0) is 11.3 Å². The van der Waals surface area contributed by atoms with E-state index in [1.54, 1.807) is 25.2 Å². The van der Waals surface area contributed by atoms with Gasteiger partial charge in [-0.2, -0.15) is 0 Å². The van der Waals surface area contributed by atoms with Gasteiger partial charge in [-0.3, -0.25) is 4.79 Å². The maximum Gasteiger partial charge on any atom is 0.234 e. The van der Waals surface area contributed by atoms with E-state index in [4.69, 9.17) is 9.47 Å². The minimum atomic E-state index is -0.925. The van der Waals surface area contributed by atoms with Gasteiger partial charge in [0, 0.05) is 16.6 Å². The van der Waals surface area contributed by atoms with Crippen LogP contribution in [0.4, 0.5) is 8.78 Å². The van der Waals surface area contributed by atoms with Crippen molar-refractivity contribution in [2.75, 3.05) is 20.0 Å². The van der Waals surface area contributed by atoms with Crippen LogP contribution in [0.15, 0.2) is 34.8 Å². The molecule has 1 aliphatic rings. The summed E-state index contributed by atoms with van der Waals surface area (Å²) in [5.41, 5.74) is 1.38. The molecule has 1 heterocycles. The monoisotopic (exact) mass is 443 g/mol. The van der Waals surface area contributed by atoms with Gasteiger partial charge in [0.25, 0.3) is 0 Å². The number of thioether (sulfide) groups is 1. The van der Waals surface area contributed by atoms with Gasteiger partial charge in [0.05, 0.1) is 20.0 Å². The molecule has 0 saturated carbocycles. The Morgan fingerprint density at radius 3 is 2.50 bits per heavy atom. The van der Waals surface area contributed by atoms with Gasteiger partial charge in [-0.05, 0) is 29.8 Å². The first-order chi connectivity index (χ1) is 12.4. The Morgan fingerprint density at radius 2 is 1.85 bits per heavy atom. The molecule has 0 radical (unpaired) electrons. The van der Waals surface area contributed by atoms with E-state index in [1.165, 1.54) is 17.8 Å². The Kier molecular flexibility index (Phi) is 5.72. The summed E-state index contributed by atoms with van der Waals surface area (Å²) < 4.78 is 38.1. The molecule has 2 aromatic carbocycles. The van der Waals surface area contributed by atoms with Crippen LogP contribution in [0.25, 0.3) is 0 Å². The van der Waals surface area contributed by atoms with Gasteiger partial charge in [0.1, 0.15) is 5.37 Å². The van der Waals surface area contributed by atoms with Crippen molar-refractivity contribution in [2.45, 2.75) is 11.9 Å². The first-order valence-electron chi connectivity index (χ1n) is 7.71. The molecule has 26 heavy (non-hydrogen) atoms. The van der Waals surface area contributed by atoms with Crippen LogP contribution in [0, 0.1) is 11.6 Å². The van der Waals surface area contributed by atoms with Crippen molar-refractivity contribution < 1.29 is 23.0 Å². The molecule has 1 unspecified atom stereocenters. The van der Waals surface area contributed by atoms with Gasteiger partial charge in [0.2, 0.25) is 5.91 Å². The smallest absolute Gasteiger partial charge is 0.234 e. The van der Waals surface area contributed by atoms with E-state index in [2.05, 4.69) is 15.9 Å². The van der Waals surface area contributed by atoms with Crippen LogP contribution in [0.1, 0.15) is 16.5 Å². The van der Waals surface area contributed by atoms with E-state index in [1.807, 2.05) is 6.07 Å². The fourth-order valence-corrected chi connectivity index (χ4v) is 4.68. The third-order valence-electron chi connectivity index (χ3n) is 4.07. The van der Waals surface area contributed by atoms with E-state index >= 15 is 0 Å². The number of amides is 1. The Balaban J connectivity index is 1.93. The third-order valence-corrected chi connectivity index (χ3v) is 6.00. The molecule has 0 bridgehead atoms. The number of carbonyl (C=O) groups excluding carboxylic acids is 1. The second kappa shape index (κ2) is 7.84. The molecule has 4 nitrogen and oxygen atoms in total. The van der Waals surface area contributed by atoms with Crippen LogP contribution < -0.4 is 9.47 Å². The quantitative estimate of drug-likeness (QED) is 0.680. The lowest BCUT2D eigenvalue weighted by molar-refractivity contribution is -0.128. The highest BCUT2D eigenvalue weighted by Crippen LogP contribution is 2.45. The molecule has 3 rings (SSSR count). The average molecular weight is 444 g/mol. The Labute approximate surface area is 162 Å². The van der Waals surface area contributed by atoms with Gasteiger partial charge in [0.15, 0.2) is 23.1 Å². The molecule has 0 aromatic heterocycles. The molecule has 1 fully saturated rings. The zero-order chi connectivity index (χ0) is 18.8. The number of methoxy groups -OCH3 is 2. The zero-order valence-corrected chi connectivity index (χ0v) is 16.5. The van der Waals surface area contributed by atoms with Crippen LogP contribution in [-0.4, -0.2) is 30.8 Å². The number of carbonyl (C=O) groups is 1. The zero-order valence-electron chi connectivity index (χ0n) is 14.1. The van der Waals surface area contributed by atoms with Crippen LogP contribution in [0.5, 0.6) is 11.5 Å². The van der Waals surface area contributed by atoms with E-state index < -0.39 is 11.6 Å². The van der Waals surface area contributed by atoms with Gasteiger partial charge >= 0.3 is 0 Å². The molecule has 0 spiro atoms. The molecule has 138 valence electrons. The maximum absolute atomic E-state index is 13.5. The summed E-state index contributed by atoms with van der Waals surface area (Å²) in [6.45, 7) is 0.189. The van der Waals surface area contributed by atoms with Crippen molar-refractivity contribution >= 4 is 33.6 Å². The Hall–Kier alpha value is -1.80. The van der Waals surface area contributed by atoms with E-state index in [0.717, 1.165) is 22.2 Å². The standard InChI is InChI=1S/C18H16BrF2NO3S/c1-24-15-6-11(12(19)7-16(15)25-2)18-22(17(23)9-26-18)8-10-3-4-13(20)14(21)5-10/h3-7,18H,8-9H2,1-2H3. The summed E-state index contributed by atoms with van der Waals surface area (Å²) in [7, 11) is 3.09. The first-order valence-corrected chi connectivity index (χ1v) is 9.55. The highest BCUT2D eigenvalue weighted by molar-refractivity contribution is 9.10. The summed E-state index contributed by atoms with van der Waals surface area (Å²) in [6.07, 6.45) is 0. The summed E-state index contributed by atoms with van der Waals surface area (Å²) in [4.78, 5) is 14.0. The number of ether oxygens (including phenoxy) is 2. The Bertz CT molecular complexity index is 849. The molecule has 0 N–H and O–H groups in total. The van der Waals surface area contributed by atoms with Gasteiger partial charge in [-0.25, -0.2) is 8.78 Å². The fourth-order valence-electron chi connectivity index (χ4n) is 2.78. The highest BCUT2D eigenvalue weighted by atomic mass is 79.9. The second-order valence-corrected chi connectivity index (χ2v) is 7.59. The van der Waals surface area contributed by atoms with Crippen molar-refractivity contribution in [2.24, 2.45) is 0 Å². The topological polar surface area (TPSA) is 38.8 Å². The molecule has 8 heteroatoms. The molecule has 1 aliphatic heterocycles. The van der Waals surface area contributed by atoms with Crippen LogP contribution in [0.2, 0.25) is 0 Å². The lowest BCUT2D eigenvalue weighted by Gasteiger charge is -2.26. The SMILES string of the molecule is COc1cc(Br)c(C2SCC(=O)N2Cc2ccc(F)c(F)c2)cc1OC. The van der Waals surface area contributed by atoms with E-state index in [-0.39, 0.29) is 17.8 Å². The molecular weight excluding hydrogens is 428 g/mol. The maximum atomic E-state index is 13.5. The number of hydrogen-bond acceptors (Lipinski definition) is 4. The summed E-state index contributed by atoms with van der Waals surface area (Å²) in [5, 5.41) is -0.273. The normalized spacial score (nSPS) is 16.9. The largest absolute Gasteiger partial charge is 0.493 e. The molecule has 1 atom stereocenters. The molecular formula is C18H16BrF2NO3S. The number of rotatable bonds is 5.